The van der Waals surface area contributed by atoms with E-state index in [2.05, 4.69) is 10.2 Å². The lowest BCUT2D eigenvalue weighted by Gasteiger charge is -2.31. The zero-order valence-electron chi connectivity index (χ0n) is 15.8. The summed E-state index contributed by atoms with van der Waals surface area (Å²) in [5.41, 5.74) is 0.511. The molecule has 1 aliphatic heterocycles. The molecule has 2 heterocycles. The number of nitrogens with zero attached hydrogens (tertiary/aromatic N) is 3. The Morgan fingerprint density at radius 3 is 2.52 bits per heavy atom. The third-order valence-electron chi connectivity index (χ3n) is 5.14. The minimum Gasteiger partial charge on any atom is -0.504 e. The van der Waals surface area contributed by atoms with E-state index in [4.69, 9.17) is 4.74 Å². The van der Waals surface area contributed by atoms with Crippen LogP contribution in [0.1, 0.15) is 24.6 Å². The first-order valence-electron chi connectivity index (χ1n) is 9.55. The van der Waals surface area contributed by atoms with Crippen LogP contribution in [0.4, 0.5) is 0 Å². The van der Waals surface area contributed by atoms with Gasteiger partial charge >= 0.3 is 5.69 Å². The normalized spacial score (nSPS) is 14.7. The molecule has 1 fully saturated rings. The summed E-state index contributed by atoms with van der Waals surface area (Å²) in [7, 11) is 0. The molecule has 1 saturated heterocycles. The maximum atomic E-state index is 12.5. The molecule has 4 rings (SSSR count). The Morgan fingerprint density at radius 2 is 1.79 bits per heavy atom. The van der Waals surface area contributed by atoms with Gasteiger partial charge in [-0.2, -0.15) is 5.10 Å². The average Bonchev–Trinajstić information content (AvgIpc) is 3.15. The largest absolute Gasteiger partial charge is 0.504 e. The molecule has 8 heteroatoms. The van der Waals surface area contributed by atoms with Gasteiger partial charge in [0.15, 0.2) is 18.1 Å². The van der Waals surface area contributed by atoms with Gasteiger partial charge in [-0.05, 0) is 37.1 Å². The smallest absolute Gasteiger partial charge is 0.347 e. The summed E-state index contributed by atoms with van der Waals surface area (Å²) < 4.78 is 7.04. The van der Waals surface area contributed by atoms with Gasteiger partial charge in [0.05, 0.1) is 5.69 Å². The van der Waals surface area contributed by atoms with E-state index in [0.29, 0.717) is 37.5 Å². The summed E-state index contributed by atoms with van der Waals surface area (Å²) in [5, 5.41) is 16.5. The first-order valence-corrected chi connectivity index (χ1v) is 9.55. The molecule has 3 aromatic rings. The molecule has 2 aromatic carbocycles. The van der Waals surface area contributed by atoms with E-state index in [1.54, 1.807) is 27.7 Å². The number of ether oxygens (including phenoxy) is 1. The SMILES string of the molecule is O=C(COc1ccccc1O)N1CCC(c2n[nH]c(=O)n2-c2ccccc2)CC1. The summed E-state index contributed by atoms with van der Waals surface area (Å²) in [5.74, 6) is 0.945. The number of amides is 1. The maximum Gasteiger partial charge on any atom is 0.347 e. The van der Waals surface area contributed by atoms with Gasteiger partial charge in [-0.3, -0.25) is 4.79 Å². The fraction of sp³-hybridized carbons (Fsp3) is 0.286. The molecule has 0 unspecified atom stereocenters. The summed E-state index contributed by atoms with van der Waals surface area (Å²) in [6.45, 7) is 0.992. The van der Waals surface area contributed by atoms with Crippen LogP contribution in [0.15, 0.2) is 59.4 Å². The zero-order chi connectivity index (χ0) is 20.2. The Morgan fingerprint density at radius 1 is 1.10 bits per heavy atom. The minimum atomic E-state index is -0.263. The molecular formula is C21H22N4O4. The Kier molecular flexibility index (Phi) is 5.33. The van der Waals surface area contributed by atoms with Crippen molar-refractivity contribution in [3.63, 3.8) is 0 Å². The maximum absolute atomic E-state index is 12.5. The van der Waals surface area contributed by atoms with Gasteiger partial charge in [0.25, 0.3) is 5.91 Å². The molecule has 1 aromatic heterocycles. The number of para-hydroxylation sites is 3. The van der Waals surface area contributed by atoms with E-state index in [-0.39, 0.29) is 29.9 Å². The fourth-order valence-corrected chi connectivity index (χ4v) is 3.61. The standard InChI is InChI=1S/C21H22N4O4/c26-17-8-4-5-9-18(17)29-14-19(27)24-12-10-15(11-13-24)20-22-23-21(28)25(20)16-6-2-1-3-7-16/h1-9,15,26H,10-14H2,(H,23,28). The molecule has 0 saturated carbocycles. The number of aromatic nitrogens is 3. The summed E-state index contributed by atoms with van der Waals surface area (Å²) in [4.78, 5) is 26.5. The molecule has 2 N–H and O–H groups in total. The lowest BCUT2D eigenvalue weighted by atomic mass is 9.95. The number of hydrogen-bond acceptors (Lipinski definition) is 5. The minimum absolute atomic E-state index is 0.0106. The van der Waals surface area contributed by atoms with Crippen LogP contribution in [0.3, 0.4) is 0 Å². The lowest BCUT2D eigenvalue weighted by Crippen LogP contribution is -2.41. The van der Waals surface area contributed by atoms with Crippen LogP contribution >= 0.6 is 0 Å². The second kappa shape index (κ2) is 8.22. The number of carbonyl (C=O) groups excluding carboxylic acids is 1. The Balaban J connectivity index is 1.38. The Labute approximate surface area is 167 Å². The number of benzene rings is 2. The summed E-state index contributed by atoms with van der Waals surface area (Å²) in [6.07, 6.45) is 1.42. The lowest BCUT2D eigenvalue weighted by molar-refractivity contribution is -0.134. The van der Waals surface area contributed by atoms with Gasteiger partial charge in [0.1, 0.15) is 5.82 Å². The molecule has 0 bridgehead atoms. The van der Waals surface area contributed by atoms with E-state index in [1.165, 1.54) is 6.07 Å². The monoisotopic (exact) mass is 394 g/mol. The topological polar surface area (TPSA) is 100 Å². The molecule has 29 heavy (non-hydrogen) atoms. The quantitative estimate of drug-likeness (QED) is 0.690. The number of carbonyl (C=O) groups is 1. The molecule has 0 spiro atoms. The molecule has 0 aliphatic carbocycles. The fourth-order valence-electron chi connectivity index (χ4n) is 3.61. The van der Waals surface area contributed by atoms with E-state index >= 15 is 0 Å². The average molecular weight is 394 g/mol. The Bertz CT molecular complexity index is 1040. The van der Waals surface area contributed by atoms with E-state index in [1.807, 2.05) is 30.3 Å². The van der Waals surface area contributed by atoms with Crippen molar-refractivity contribution in [3.05, 3.63) is 70.9 Å². The van der Waals surface area contributed by atoms with Crippen LogP contribution in [0.5, 0.6) is 11.5 Å². The van der Waals surface area contributed by atoms with Crippen LogP contribution in [0.2, 0.25) is 0 Å². The molecule has 1 amide bonds. The number of H-pyrrole nitrogens is 1. The van der Waals surface area contributed by atoms with Gasteiger partial charge in [0, 0.05) is 19.0 Å². The van der Waals surface area contributed by atoms with Crippen molar-refractivity contribution in [1.82, 2.24) is 19.7 Å². The number of piperidine rings is 1. The van der Waals surface area contributed by atoms with Crippen molar-refractivity contribution in [2.45, 2.75) is 18.8 Å². The molecule has 1 aliphatic rings. The van der Waals surface area contributed by atoms with Crippen LogP contribution in [-0.2, 0) is 4.79 Å². The highest BCUT2D eigenvalue weighted by Gasteiger charge is 2.28. The van der Waals surface area contributed by atoms with Crippen LogP contribution in [0, 0.1) is 0 Å². The first kappa shape index (κ1) is 18.8. The number of aromatic hydroxyl groups is 1. The highest BCUT2D eigenvalue weighted by atomic mass is 16.5. The van der Waals surface area contributed by atoms with Gasteiger partial charge in [0.2, 0.25) is 0 Å². The van der Waals surface area contributed by atoms with Crippen molar-refractivity contribution in [2.75, 3.05) is 19.7 Å². The van der Waals surface area contributed by atoms with Crippen molar-refractivity contribution in [2.24, 2.45) is 0 Å². The van der Waals surface area contributed by atoms with Gasteiger partial charge < -0.3 is 14.7 Å². The third kappa shape index (κ3) is 4.01. The van der Waals surface area contributed by atoms with Crippen molar-refractivity contribution in [3.8, 4) is 17.2 Å². The van der Waals surface area contributed by atoms with Gasteiger partial charge in [-0.1, -0.05) is 30.3 Å². The second-order valence-electron chi connectivity index (χ2n) is 6.97. The summed E-state index contributed by atoms with van der Waals surface area (Å²) >= 11 is 0. The molecule has 0 atom stereocenters. The van der Waals surface area contributed by atoms with Crippen molar-refractivity contribution < 1.29 is 14.6 Å². The second-order valence-corrected chi connectivity index (χ2v) is 6.97. The van der Waals surface area contributed by atoms with Gasteiger partial charge in [-0.25, -0.2) is 14.5 Å². The predicted molar refractivity (Wildman–Crippen MR) is 106 cm³/mol. The van der Waals surface area contributed by atoms with E-state index in [9.17, 15) is 14.7 Å². The number of rotatable bonds is 5. The van der Waals surface area contributed by atoms with Gasteiger partial charge in [-0.15, -0.1) is 0 Å². The van der Waals surface area contributed by atoms with Crippen LogP contribution in [-0.4, -0.2) is 50.4 Å². The Hall–Kier alpha value is -3.55. The van der Waals surface area contributed by atoms with Crippen molar-refractivity contribution >= 4 is 5.91 Å². The number of nitrogens with one attached hydrogen (secondary N) is 1. The number of aromatic amines is 1. The molecular weight excluding hydrogens is 372 g/mol. The van der Waals surface area contributed by atoms with E-state index < -0.39 is 0 Å². The predicted octanol–water partition coefficient (Wildman–Crippen LogP) is 2.05. The number of hydrogen-bond donors (Lipinski definition) is 2. The van der Waals surface area contributed by atoms with Crippen LogP contribution in [0.25, 0.3) is 5.69 Å². The zero-order valence-corrected chi connectivity index (χ0v) is 15.8. The number of phenolic OH excluding ortho intramolecular Hbond substituents is 1. The highest BCUT2D eigenvalue weighted by Crippen LogP contribution is 2.28. The van der Waals surface area contributed by atoms with Crippen molar-refractivity contribution in [1.29, 1.82) is 0 Å². The molecule has 150 valence electrons. The third-order valence-corrected chi connectivity index (χ3v) is 5.14. The molecule has 8 nitrogen and oxygen atoms in total. The number of phenols is 1. The number of likely N-dealkylation sites (tertiary alicyclic amines) is 1. The van der Waals surface area contributed by atoms with E-state index in [0.717, 1.165) is 5.69 Å². The van der Waals surface area contributed by atoms with Crippen LogP contribution < -0.4 is 10.4 Å². The molecule has 0 radical (unpaired) electrons. The highest BCUT2D eigenvalue weighted by molar-refractivity contribution is 5.78. The first-order chi connectivity index (χ1) is 14.1. The summed E-state index contributed by atoms with van der Waals surface area (Å²) in [6, 6.07) is 16.0.